The van der Waals surface area contributed by atoms with Crippen LogP contribution in [-0.4, -0.2) is 17.9 Å². The third kappa shape index (κ3) is 3.28. The molecular weight excluding hydrogens is 442 g/mol. The van der Waals surface area contributed by atoms with Crippen LogP contribution in [0.4, 0.5) is 15.8 Å². The minimum absolute atomic E-state index is 0.0893. The molecule has 0 bridgehead atoms. The number of imide groups is 1. The summed E-state index contributed by atoms with van der Waals surface area (Å²) < 4.78 is 14.0. The standard InChI is InChI=1S/C23H15Cl2FN2O3/c24-14-8-6-13(7-9-14)20-19-21(31-28(20)15-4-2-1-3-5-15)23(30)27(22(19)29)16-10-11-17(25)18(26)12-16/h1-12,19-21H/t19-,20-,21-/m1/s1. The third-order valence-electron chi connectivity index (χ3n) is 5.50. The minimum atomic E-state index is -1.04. The maximum absolute atomic E-state index is 14.0. The Hall–Kier alpha value is -2.93. The van der Waals surface area contributed by atoms with Gasteiger partial charge in [-0.15, -0.1) is 0 Å². The van der Waals surface area contributed by atoms with Crippen LogP contribution in [0.5, 0.6) is 0 Å². The van der Waals surface area contributed by atoms with Crippen LogP contribution in [0.25, 0.3) is 0 Å². The molecule has 2 aliphatic heterocycles. The van der Waals surface area contributed by atoms with Gasteiger partial charge in [0.15, 0.2) is 6.10 Å². The van der Waals surface area contributed by atoms with E-state index in [0.717, 1.165) is 16.5 Å². The summed E-state index contributed by atoms with van der Waals surface area (Å²) >= 11 is 11.8. The van der Waals surface area contributed by atoms with Gasteiger partial charge < -0.3 is 0 Å². The van der Waals surface area contributed by atoms with E-state index in [4.69, 9.17) is 28.0 Å². The van der Waals surface area contributed by atoms with Crippen LogP contribution in [-0.2, 0) is 14.4 Å². The first kappa shape index (κ1) is 20.0. The number of hydroxylamine groups is 1. The highest BCUT2D eigenvalue weighted by molar-refractivity contribution is 6.31. The molecule has 2 aliphatic rings. The summed E-state index contributed by atoms with van der Waals surface area (Å²) in [5.41, 5.74) is 1.60. The average Bonchev–Trinajstić information content (AvgIpc) is 3.28. The van der Waals surface area contributed by atoms with Gasteiger partial charge in [-0.2, -0.15) is 0 Å². The van der Waals surface area contributed by atoms with E-state index in [2.05, 4.69) is 0 Å². The van der Waals surface area contributed by atoms with Gasteiger partial charge in [0.25, 0.3) is 5.91 Å². The second-order valence-electron chi connectivity index (χ2n) is 7.32. The second-order valence-corrected chi connectivity index (χ2v) is 8.16. The lowest BCUT2D eigenvalue weighted by Gasteiger charge is -2.28. The number of fused-ring (bicyclic) bond motifs is 1. The Balaban J connectivity index is 1.58. The van der Waals surface area contributed by atoms with Gasteiger partial charge in [0, 0.05) is 5.02 Å². The summed E-state index contributed by atoms with van der Waals surface area (Å²) in [4.78, 5) is 33.6. The van der Waals surface area contributed by atoms with Crippen molar-refractivity contribution in [1.82, 2.24) is 0 Å². The molecule has 0 aromatic heterocycles. The Kier molecular flexibility index (Phi) is 4.93. The molecule has 31 heavy (non-hydrogen) atoms. The van der Waals surface area contributed by atoms with Gasteiger partial charge in [-0.3, -0.25) is 14.4 Å². The smallest absolute Gasteiger partial charge is 0.266 e. The number of amides is 2. The third-order valence-corrected chi connectivity index (χ3v) is 6.06. The van der Waals surface area contributed by atoms with E-state index in [1.165, 1.54) is 12.1 Å². The molecule has 156 valence electrons. The van der Waals surface area contributed by atoms with Crippen molar-refractivity contribution >= 4 is 46.4 Å². The van der Waals surface area contributed by atoms with Crippen molar-refractivity contribution in [1.29, 1.82) is 0 Å². The summed E-state index contributed by atoms with van der Waals surface area (Å²) in [5, 5.41) is 2.06. The number of hydrogen-bond acceptors (Lipinski definition) is 4. The molecule has 2 saturated heterocycles. The topological polar surface area (TPSA) is 49.9 Å². The van der Waals surface area contributed by atoms with Crippen LogP contribution >= 0.6 is 23.2 Å². The van der Waals surface area contributed by atoms with Crippen molar-refractivity contribution in [2.75, 3.05) is 9.96 Å². The van der Waals surface area contributed by atoms with Gasteiger partial charge in [0.2, 0.25) is 5.91 Å². The van der Waals surface area contributed by atoms with Crippen LogP contribution in [0.3, 0.4) is 0 Å². The zero-order chi connectivity index (χ0) is 21.7. The highest BCUT2D eigenvalue weighted by atomic mass is 35.5. The lowest BCUT2D eigenvalue weighted by atomic mass is 9.90. The molecule has 5 rings (SSSR count). The molecule has 2 amide bonds. The van der Waals surface area contributed by atoms with E-state index in [1.807, 2.05) is 30.3 Å². The Morgan fingerprint density at radius 3 is 2.23 bits per heavy atom. The zero-order valence-corrected chi connectivity index (χ0v) is 17.4. The fourth-order valence-corrected chi connectivity index (χ4v) is 4.33. The SMILES string of the molecule is O=C1[C@@H]2[C@@H](c3ccc(Cl)cc3)N(c3ccccc3)O[C@H]2C(=O)N1c1ccc(Cl)c(F)c1. The van der Waals surface area contributed by atoms with Crippen molar-refractivity contribution < 1.29 is 18.8 Å². The van der Waals surface area contributed by atoms with Crippen LogP contribution in [0.15, 0.2) is 72.8 Å². The molecule has 0 N–H and O–H groups in total. The first-order valence-corrected chi connectivity index (χ1v) is 10.3. The number of nitrogens with zero attached hydrogens (tertiary/aromatic N) is 2. The van der Waals surface area contributed by atoms with Crippen LogP contribution < -0.4 is 9.96 Å². The quantitative estimate of drug-likeness (QED) is 0.509. The normalized spacial score (nSPS) is 22.9. The van der Waals surface area contributed by atoms with Gasteiger partial charge in [0.05, 0.1) is 22.4 Å². The molecule has 2 fully saturated rings. The van der Waals surface area contributed by atoms with E-state index in [9.17, 15) is 14.0 Å². The maximum Gasteiger partial charge on any atom is 0.266 e. The molecule has 2 heterocycles. The highest BCUT2D eigenvalue weighted by Crippen LogP contribution is 2.47. The predicted molar refractivity (Wildman–Crippen MR) is 115 cm³/mol. The monoisotopic (exact) mass is 456 g/mol. The number of carbonyl (C=O) groups excluding carboxylic acids is 2. The van der Waals surface area contributed by atoms with Crippen LogP contribution in [0, 0.1) is 11.7 Å². The summed E-state index contributed by atoms with van der Waals surface area (Å²) in [7, 11) is 0. The Morgan fingerprint density at radius 1 is 0.839 bits per heavy atom. The fourth-order valence-electron chi connectivity index (χ4n) is 4.09. The molecule has 0 unspecified atom stereocenters. The predicted octanol–water partition coefficient (Wildman–Crippen LogP) is 5.18. The van der Waals surface area contributed by atoms with Crippen molar-refractivity contribution in [3.05, 3.63) is 94.2 Å². The highest BCUT2D eigenvalue weighted by Gasteiger charge is 2.60. The summed E-state index contributed by atoms with van der Waals surface area (Å²) in [6.07, 6.45) is -1.04. The Morgan fingerprint density at radius 2 is 1.55 bits per heavy atom. The van der Waals surface area contributed by atoms with E-state index >= 15 is 0 Å². The number of anilines is 2. The van der Waals surface area contributed by atoms with Gasteiger partial charge >= 0.3 is 0 Å². The van der Waals surface area contributed by atoms with Crippen molar-refractivity contribution in [2.24, 2.45) is 5.92 Å². The van der Waals surface area contributed by atoms with Crippen molar-refractivity contribution in [2.45, 2.75) is 12.1 Å². The number of hydrogen-bond donors (Lipinski definition) is 0. The molecular formula is C23H15Cl2FN2O3. The van der Waals surface area contributed by atoms with Crippen LogP contribution in [0.2, 0.25) is 10.0 Å². The van der Waals surface area contributed by atoms with E-state index in [-0.39, 0.29) is 10.7 Å². The van der Waals surface area contributed by atoms with Gasteiger partial charge in [-0.1, -0.05) is 53.5 Å². The second kappa shape index (κ2) is 7.64. The number of benzene rings is 3. The van der Waals surface area contributed by atoms with E-state index in [1.54, 1.807) is 29.3 Å². The van der Waals surface area contributed by atoms with E-state index in [0.29, 0.717) is 10.7 Å². The number of rotatable bonds is 3. The van der Waals surface area contributed by atoms with Crippen LogP contribution in [0.1, 0.15) is 11.6 Å². The number of para-hydroxylation sites is 1. The van der Waals surface area contributed by atoms with Gasteiger partial charge in [0.1, 0.15) is 11.7 Å². The molecule has 3 atom stereocenters. The Bertz CT molecular complexity index is 1170. The molecule has 0 saturated carbocycles. The lowest BCUT2D eigenvalue weighted by Crippen LogP contribution is -2.37. The first-order chi connectivity index (χ1) is 15.0. The Labute approximate surface area is 187 Å². The lowest BCUT2D eigenvalue weighted by molar-refractivity contribution is -0.126. The molecule has 5 nitrogen and oxygen atoms in total. The number of carbonyl (C=O) groups is 2. The molecule has 3 aromatic carbocycles. The fraction of sp³-hybridized carbons (Fsp3) is 0.130. The molecule has 0 aliphatic carbocycles. The summed E-state index contributed by atoms with van der Waals surface area (Å²) in [5.74, 6) is -2.53. The zero-order valence-electron chi connectivity index (χ0n) is 15.9. The summed E-state index contributed by atoms with van der Waals surface area (Å²) in [6, 6.07) is 19.5. The van der Waals surface area contributed by atoms with Gasteiger partial charge in [-0.05, 0) is 48.0 Å². The van der Waals surface area contributed by atoms with E-state index < -0.39 is 35.7 Å². The molecule has 0 spiro atoms. The minimum Gasteiger partial charge on any atom is -0.273 e. The largest absolute Gasteiger partial charge is 0.273 e. The van der Waals surface area contributed by atoms with Crippen molar-refractivity contribution in [3.8, 4) is 0 Å². The molecule has 3 aromatic rings. The van der Waals surface area contributed by atoms with Gasteiger partial charge in [-0.25, -0.2) is 14.4 Å². The number of halogens is 3. The molecule has 8 heteroatoms. The average molecular weight is 457 g/mol. The maximum atomic E-state index is 14.0. The molecule has 0 radical (unpaired) electrons. The first-order valence-electron chi connectivity index (χ1n) is 9.55. The summed E-state index contributed by atoms with van der Waals surface area (Å²) in [6.45, 7) is 0. The van der Waals surface area contributed by atoms with Crippen molar-refractivity contribution in [3.63, 3.8) is 0 Å².